The fourth-order valence-corrected chi connectivity index (χ4v) is 1.93. The van der Waals surface area contributed by atoms with E-state index in [0.717, 1.165) is 19.3 Å². The second kappa shape index (κ2) is 10.4. The van der Waals surface area contributed by atoms with Gasteiger partial charge in [0.15, 0.2) is 0 Å². The molecule has 0 rings (SSSR count). The zero-order chi connectivity index (χ0) is 13.9. The molecule has 0 aliphatic heterocycles. The van der Waals surface area contributed by atoms with E-state index in [1.54, 1.807) is 0 Å². The first-order valence-corrected chi connectivity index (χ1v) is 7.63. The Hall–Kier alpha value is -0.570. The Morgan fingerprint density at radius 1 is 1.00 bits per heavy atom. The van der Waals surface area contributed by atoms with Crippen LogP contribution in [-0.2, 0) is 4.79 Å². The van der Waals surface area contributed by atoms with Gasteiger partial charge in [0, 0.05) is 18.5 Å². The summed E-state index contributed by atoms with van der Waals surface area (Å²) in [6.45, 7) is 6.97. The Labute approximate surface area is 113 Å². The number of rotatable bonds is 11. The van der Waals surface area contributed by atoms with Crippen molar-refractivity contribution in [1.29, 1.82) is 0 Å². The number of unbranched alkanes of at least 4 members (excludes halogenated alkanes) is 5. The summed E-state index contributed by atoms with van der Waals surface area (Å²) in [6.07, 6.45) is 9.77. The number of amides is 1. The van der Waals surface area contributed by atoms with E-state index < -0.39 is 0 Å². The third-order valence-corrected chi connectivity index (χ3v) is 3.80. The molecule has 0 atom stereocenters. The third-order valence-electron chi connectivity index (χ3n) is 3.80. The average molecular weight is 256 g/mol. The maximum atomic E-state index is 11.6. The molecule has 0 heterocycles. The zero-order valence-corrected chi connectivity index (χ0v) is 12.6. The van der Waals surface area contributed by atoms with Crippen molar-refractivity contribution in [2.45, 2.75) is 84.1 Å². The Bertz CT molecular complexity index is 213. The molecule has 0 aliphatic carbocycles. The quantitative estimate of drug-likeness (QED) is 0.557. The largest absolute Gasteiger partial charge is 0.354 e. The standard InChI is InChI=1S/C15H32N2O/c1-4-7-8-9-10-11-12-14(18)17-13-15(16,5-2)6-3/h4-13,16H2,1-3H3,(H,17,18). The van der Waals surface area contributed by atoms with Gasteiger partial charge in [-0.05, 0) is 19.3 Å². The summed E-state index contributed by atoms with van der Waals surface area (Å²) in [6, 6.07) is 0. The van der Waals surface area contributed by atoms with Crippen LogP contribution in [0.1, 0.15) is 78.6 Å². The van der Waals surface area contributed by atoms with Crippen LogP contribution in [0.2, 0.25) is 0 Å². The molecular formula is C15H32N2O. The summed E-state index contributed by atoms with van der Waals surface area (Å²) < 4.78 is 0. The molecule has 0 saturated heterocycles. The Morgan fingerprint density at radius 2 is 1.56 bits per heavy atom. The van der Waals surface area contributed by atoms with E-state index in [1.807, 2.05) is 0 Å². The molecule has 0 saturated carbocycles. The van der Waals surface area contributed by atoms with E-state index in [1.165, 1.54) is 32.1 Å². The minimum absolute atomic E-state index is 0.155. The first-order chi connectivity index (χ1) is 8.58. The van der Waals surface area contributed by atoms with Gasteiger partial charge in [0.1, 0.15) is 0 Å². The topological polar surface area (TPSA) is 55.1 Å². The molecule has 0 bridgehead atoms. The van der Waals surface area contributed by atoms with Crippen molar-refractivity contribution in [2.24, 2.45) is 5.73 Å². The third kappa shape index (κ3) is 8.51. The summed E-state index contributed by atoms with van der Waals surface area (Å²) in [7, 11) is 0. The fraction of sp³-hybridized carbons (Fsp3) is 0.933. The number of nitrogens with two attached hydrogens (primary N) is 1. The number of carbonyl (C=O) groups is 1. The lowest BCUT2D eigenvalue weighted by Gasteiger charge is -2.26. The van der Waals surface area contributed by atoms with Gasteiger partial charge in [-0.1, -0.05) is 52.9 Å². The maximum Gasteiger partial charge on any atom is 0.220 e. The van der Waals surface area contributed by atoms with E-state index in [9.17, 15) is 4.79 Å². The lowest BCUT2D eigenvalue weighted by atomic mass is 9.94. The van der Waals surface area contributed by atoms with Gasteiger partial charge in [-0.25, -0.2) is 0 Å². The Kier molecular flexibility index (Phi) is 10.0. The Balaban J connectivity index is 3.54. The lowest BCUT2D eigenvalue weighted by molar-refractivity contribution is -0.121. The summed E-state index contributed by atoms with van der Waals surface area (Å²) in [5.74, 6) is 0.155. The van der Waals surface area contributed by atoms with Crippen molar-refractivity contribution >= 4 is 5.91 Å². The molecule has 0 aromatic carbocycles. The number of carbonyl (C=O) groups excluding carboxylic acids is 1. The van der Waals surface area contributed by atoms with Gasteiger partial charge in [0.25, 0.3) is 0 Å². The van der Waals surface area contributed by atoms with Crippen molar-refractivity contribution in [2.75, 3.05) is 6.54 Å². The van der Waals surface area contributed by atoms with Crippen LogP contribution in [-0.4, -0.2) is 18.0 Å². The fourth-order valence-electron chi connectivity index (χ4n) is 1.93. The molecule has 0 fully saturated rings. The predicted octanol–water partition coefficient (Wildman–Crippen LogP) is 3.37. The van der Waals surface area contributed by atoms with Crippen LogP contribution in [0, 0.1) is 0 Å². The highest BCUT2D eigenvalue weighted by atomic mass is 16.1. The van der Waals surface area contributed by atoms with Crippen molar-refractivity contribution in [1.82, 2.24) is 5.32 Å². The van der Waals surface area contributed by atoms with E-state index >= 15 is 0 Å². The van der Waals surface area contributed by atoms with Gasteiger partial charge in [0.05, 0.1) is 0 Å². The van der Waals surface area contributed by atoms with Crippen molar-refractivity contribution < 1.29 is 4.79 Å². The summed E-state index contributed by atoms with van der Waals surface area (Å²) in [4.78, 5) is 11.6. The zero-order valence-electron chi connectivity index (χ0n) is 12.6. The lowest BCUT2D eigenvalue weighted by Crippen LogP contribution is -2.49. The van der Waals surface area contributed by atoms with Gasteiger partial charge in [-0.15, -0.1) is 0 Å². The molecule has 1 amide bonds. The normalized spacial score (nSPS) is 11.6. The summed E-state index contributed by atoms with van der Waals surface area (Å²) in [5, 5.41) is 2.96. The minimum Gasteiger partial charge on any atom is -0.354 e. The molecule has 0 spiro atoms. The first-order valence-electron chi connectivity index (χ1n) is 7.63. The van der Waals surface area contributed by atoms with Crippen LogP contribution >= 0.6 is 0 Å². The highest BCUT2D eigenvalue weighted by Gasteiger charge is 2.20. The molecule has 0 aromatic heterocycles. The van der Waals surface area contributed by atoms with Crippen LogP contribution in [0.5, 0.6) is 0 Å². The second-order valence-electron chi connectivity index (χ2n) is 5.36. The predicted molar refractivity (Wildman–Crippen MR) is 78.5 cm³/mol. The average Bonchev–Trinajstić information content (AvgIpc) is 2.40. The van der Waals surface area contributed by atoms with E-state index in [2.05, 4.69) is 26.1 Å². The number of hydrogen-bond donors (Lipinski definition) is 2. The molecule has 0 unspecified atom stereocenters. The Morgan fingerprint density at radius 3 is 2.11 bits per heavy atom. The highest BCUT2D eigenvalue weighted by molar-refractivity contribution is 5.75. The van der Waals surface area contributed by atoms with Crippen molar-refractivity contribution in [3.05, 3.63) is 0 Å². The van der Waals surface area contributed by atoms with Crippen LogP contribution < -0.4 is 11.1 Å². The van der Waals surface area contributed by atoms with Crippen molar-refractivity contribution in [3.63, 3.8) is 0 Å². The van der Waals surface area contributed by atoms with Gasteiger partial charge in [0.2, 0.25) is 5.91 Å². The van der Waals surface area contributed by atoms with E-state index in [4.69, 9.17) is 5.73 Å². The molecule has 0 aromatic rings. The molecule has 18 heavy (non-hydrogen) atoms. The molecule has 3 N–H and O–H groups in total. The highest BCUT2D eigenvalue weighted by Crippen LogP contribution is 2.10. The number of hydrogen-bond acceptors (Lipinski definition) is 2. The molecule has 0 aliphatic rings. The number of nitrogens with one attached hydrogen (secondary N) is 1. The summed E-state index contributed by atoms with van der Waals surface area (Å²) >= 11 is 0. The maximum absolute atomic E-state index is 11.6. The first kappa shape index (κ1) is 17.4. The second-order valence-corrected chi connectivity index (χ2v) is 5.36. The smallest absolute Gasteiger partial charge is 0.220 e. The minimum atomic E-state index is -0.225. The SMILES string of the molecule is CCCCCCCCC(=O)NCC(N)(CC)CC. The van der Waals surface area contributed by atoms with Gasteiger partial charge < -0.3 is 11.1 Å². The van der Waals surface area contributed by atoms with Gasteiger partial charge in [-0.3, -0.25) is 4.79 Å². The van der Waals surface area contributed by atoms with Crippen molar-refractivity contribution in [3.8, 4) is 0 Å². The van der Waals surface area contributed by atoms with Crippen LogP contribution in [0.4, 0.5) is 0 Å². The molecule has 0 radical (unpaired) electrons. The van der Waals surface area contributed by atoms with Crippen LogP contribution in [0.25, 0.3) is 0 Å². The van der Waals surface area contributed by atoms with Gasteiger partial charge in [-0.2, -0.15) is 0 Å². The molecular weight excluding hydrogens is 224 g/mol. The van der Waals surface area contributed by atoms with Gasteiger partial charge >= 0.3 is 0 Å². The van der Waals surface area contributed by atoms with E-state index in [-0.39, 0.29) is 11.4 Å². The molecule has 3 nitrogen and oxygen atoms in total. The molecule has 3 heteroatoms. The molecule has 108 valence electrons. The monoisotopic (exact) mass is 256 g/mol. The van der Waals surface area contributed by atoms with Crippen LogP contribution in [0.3, 0.4) is 0 Å². The van der Waals surface area contributed by atoms with E-state index in [0.29, 0.717) is 13.0 Å². The van der Waals surface area contributed by atoms with Crippen LogP contribution in [0.15, 0.2) is 0 Å². The summed E-state index contributed by atoms with van der Waals surface area (Å²) in [5.41, 5.74) is 5.91.